The number of hydrogen-bond donors (Lipinski definition) is 4. The molecule has 7 atom stereocenters. The van der Waals surface area contributed by atoms with E-state index in [1.54, 1.807) is 0 Å². The van der Waals surface area contributed by atoms with Gasteiger partial charge in [-0.05, 0) is 80.2 Å². The van der Waals surface area contributed by atoms with Gasteiger partial charge in [0.05, 0.1) is 40.6 Å². The van der Waals surface area contributed by atoms with Crippen molar-refractivity contribution in [2.45, 2.75) is 102 Å². The van der Waals surface area contributed by atoms with Crippen LogP contribution in [0.5, 0.6) is 0 Å². The fourth-order valence-corrected chi connectivity index (χ4v) is 8.94. The van der Waals surface area contributed by atoms with Gasteiger partial charge in [-0.3, -0.25) is 14.2 Å². The van der Waals surface area contributed by atoms with E-state index < -0.39 is 76.8 Å². The lowest BCUT2D eigenvalue weighted by atomic mass is 9.43. The number of benzene rings is 2. The fourth-order valence-electron chi connectivity index (χ4n) is 8.94. The lowest BCUT2D eigenvalue weighted by molar-refractivity contribution is -0.199. The third kappa shape index (κ3) is 6.52. The van der Waals surface area contributed by atoms with E-state index in [1.807, 2.05) is 6.92 Å². The summed E-state index contributed by atoms with van der Waals surface area (Å²) in [6.07, 6.45) is -1.37. The SMILES string of the molecule is CC[C@H](NC(=O)[C@@H]1C[C@@](C)(NC(=O)Nc2cc(F)ccc2F)c2ncc(NCc3cccc(C(F)(F)F)c3)c(=O)n21)B1O[C@@H]2C[C@@H]3C[C@@H](C3(C)C)[C@]2(C)O1. The molecule has 5 aliphatic rings. The second-order valence-electron chi connectivity index (χ2n) is 15.8. The highest BCUT2D eigenvalue weighted by Gasteiger charge is 2.68. The molecule has 288 valence electrons. The first-order valence-corrected chi connectivity index (χ1v) is 18.0. The van der Waals surface area contributed by atoms with Crippen molar-refractivity contribution >= 4 is 30.4 Å². The Kier molecular flexibility index (Phi) is 9.35. The number of nitrogens with zero attached hydrogens (tertiary/aromatic N) is 2. The Bertz CT molecular complexity index is 2050. The van der Waals surface area contributed by atoms with Crippen molar-refractivity contribution in [2.24, 2.45) is 17.3 Å². The topological polar surface area (TPSA) is 136 Å². The Balaban J connectivity index is 1.15. The number of anilines is 2. The summed E-state index contributed by atoms with van der Waals surface area (Å²) in [5.74, 6) is -2.05. The number of nitrogens with one attached hydrogen (secondary N) is 4. The molecule has 54 heavy (non-hydrogen) atoms. The Labute approximate surface area is 308 Å². The van der Waals surface area contributed by atoms with Crippen molar-refractivity contribution in [3.05, 3.63) is 87.6 Å². The minimum absolute atomic E-state index is 0.00548. The molecule has 0 radical (unpaired) electrons. The standard InChI is InChI=1S/C37H42BF5N6O5/c1-6-29(38-53-28-14-21-13-27(34(21,2)3)36(28,5)54-38)47-30(50)26-16-35(4,48-33(52)46-24-15-22(39)10-11-23(24)40)32-45-18-25(31(51)49(26)32)44-17-19-8-7-9-20(12-19)37(41,42)43/h7-12,15,18,21,26-29,44H,6,13-14,16-17H2,1-5H3,(H,47,50)(H2,46,48,52)/t21-,26-,27-,28+,29-,35+,36-/m0/s1. The number of halogens is 5. The quantitative estimate of drug-likeness (QED) is 0.149. The summed E-state index contributed by atoms with van der Waals surface area (Å²) < 4.78 is 82.4. The van der Waals surface area contributed by atoms with Gasteiger partial charge in [0.15, 0.2) is 0 Å². The van der Waals surface area contributed by atoms with E-state index in [1.165, 1.54) is 25.3 Å². The first-order valence-electron chi connectivity index (χ1n) is 18.0. The minimum atomic E-state index is -4.56. The molecule has 17 heteroatoms. The molecule has 3 aliphatic carbocycles. The van der Waals surface area contributed by atoms with Gasteiger partial charge in [-0.2, -0.15) is 13.2 Å². The van der Waals surface area contributed by atoms with Gasteiger partial charge in [-0.15, -0.1) is 0 Å². The molecule has 2 aromatic carbocycles. The summed E-state index contributed by atoms with van der Waals surface area (Å²) in [5, 5.41) is 10.8. The summed E-state index contributed by atoms with van der Waals surface area (Å²) in [6.45, 7) is 9.80. The van der Waals surface area contributed by atoms with E-state index in [2.05, 4.69) is 47.0 Å². The van der Waals surface area contributed by atoms with Crippen LogP contribution < -0.4 is 26.8 Å². The van der Waals surface area contributed by atoms with Crippen molar-refractivity contribution in [2.75, 3.05) is 10.6 Å². The van der Waals surface area contributed by atoms with E-state index in [0.29, 0.717) is 18.3 Å². The van der Waals surface area contributed by atoms with Crippen LogP contribution in [0.2, 0.25) is 0 Å². The highest BCUT2D eigenvalue weighted by Crippen LogP contribution is 2.65. The average molecular weight is 757 g/mol. The maximum atomic E-state index is 14.4. The number of urea groups is 1. The lowest BCUT2D eigenvalue weighted by Gasteiger charge is -2.64. The zero-order chi connectivity index (χ0) is 39.0. The molecule has 2 bridgehead atoms. The van der Waals surface area contributed by atoms with Crippen molar-refractivity contribution in [3.8, 4) is 0 Å². The van der Waals surface area contributed by atoms with Gasteiger partial charge in [-0.1, -0.05) is 32.9 Å². The van der Waals surface area contributed by atoms with Gasteiger partial charge in [0, 0.05) is 19.0 Å². The third-order valence-corrected chi connectivity index (χ3v) is 12.1. The maximum Gasteiger partial charge on any atom is 0.481 e. The van der Waals surface area contributed by atoms with Crippen LogP contribution >= 0.6 is 0 Å². The molecule has 1 aromatic heterocycles. The van der Waals surface area contributed by atoms with Crippen LogP contribution in [-0.4, -0.2) is 46.3 Å². The van der Waals surface area contributed by atoms with Crippen LogP contribution in [0.15, 0.2) is 53.5 Å². The van der Waals surface area contributed by atoms with Crippen molar-refractivity contribution in [3.63, 3.8) is 0 Å². The molecule has 11 nitrogen and oxygen atoms in total. The summed E-state index contributed by atoms with van der Waals surface area (Å²) in [4.78, 5) is 46.0. The minimum Gasteiger partial charge on any atom is -0.404 e. The molecule has 4 N–H and O–H groups in total. The number of amides is 3. The summed E-state index contributed by atoms with van der Waals surface area (Å²) in [7, 11) is -0.753. The molecule has 1 saturated heterocycles. The number of hydrogen-bond acceptors (Lipinski definition) is 7. The number of aromatic nitrogens is 2. The molecule has 0 spiro atoms. The highest BCUT2D eigenvalue weighted by atomic mass is 19.4. The maximum absolute atomic E-state index is 14.4. The van der Waals surface area contributed by atoms with E-state index in [-0.39, 0.29) is 41.6 Å². The first-order chi connectivity index (χ1) is 25.3. The first kappa shape index (κ1) is 37.8. The smallest absolute Gasteiger partial charge is 0.404 e. The van der Waals surface area contributed by atoms with Gasteiger partial charge in [0.2, 0.25) is 5.91 Å². The van der Waals surface area contributed by atoms with Crippen molar-refractivity contribution in [1.29, 1.82) is 0 Å². The number of alkyl halides is 3. The monoisotopic (exact) mass is 756 g/mol. The zero-order valence-corrected chi connectivity index (χ0v) is 30.4. The molecule has 3 aromatic rings. The van der Waals surface area contributed by atoms with E-state index in [9.17, 15) is 36.3 Å². The van der Waals surface area contributed by atoms with Crippen LogP contribution in [-0.2, 0) is 32.4 Å². The number of rotatable bonds is 9. The molecule has 3 amide bonds. The normalized spacial score (nSPS) is 28.4. The predicted octanol–water partition coefficient (Wildman–Crippen LogP) is 6.30. The van der Waals surface area contributed by atoms with Crippen LogP contribution in [0.4, 0.5) is 38.1 Å². The van der Waals surface area contributed by atoms with Gasteiger partial charge < -0.3 is 30.6 Å². The molecule has 3 heterocycles. The Morgan fingerprint density at radius 3 is 2.54 bits per heavy atom. The molecular formula is C37H42BF5N6O5. The highest BCUT2D eigenvalue weighted by molar-refractivity contribution is 6.47. The Morgan fingerprint density at radius 2 is 1.83 bits per heavy atom. The van der Waals surface area contributed by atoms with E-state index >= 15 is 0 Å². The molecule has 4 fully saturated rings. The molecule has 3 saturated carbocycles. The number of carbonyl (C=O) groups excluding carboxylic acids is 2. The van der Waals surface area contributed by atoms with E-state index in [4.69, 9.17) is 9.31 Å². The lowest BCUT2D eigenvalue weighted by Crippen LogP contribution is -2.65. The van der Waals surface area contributed by atoms with Crippen LogP contribution in [0.25, 0.3) is 0 Å². The van der Waals surface area contributed by atoms with Gasteiger partial charge >= 0.3 is 19.3 Å². The third-order valence-electron chi connectivity index (χ3n) is 12.1. The Morgan fingerprint density at radius 1 is 1.07 bits per heavy atom. The summed E-state index contributed by atoms with van der Waals surface area (Å²) in [5.41, 5.74) is -3.75. The molecule has 8 rings (SSSR count). The van der Waals surface area contributed by atoms with Gasteiger partial charge in [-0.25, -0.2) is 18.6 Å². The molecular weight excluding hydrogens is 714 g/mol. The van der Waals surface area contributed by atoms with Crippen LogP contribution in [0.3, 0.4) is 0 Å². The van der Waals surface area contributed by atoms with E-state index in [0.717, 1.165) is 47.7 Å². The summed E-state index contributed by atoms with van der Waals surface area (Å²) >= 11 is 0. The van der Waals surface area contributed by atoms with Gasteiger partial charge in [0.1, 0.15) is 29.2 Å². The molecule has 2 aliphatic heterocycles. The predicted molar refractivity (Wildman–Crippen MR) is 189 cm³/mol. The molecule has 0 unspecified atom stereocenters. The number of fused-ring (bicyclic) bond motifs is 1. The number of carbonyl (C=O) groups is 2. The van der Waals surface area contributed by atoms with Gasteiger partial charge in [0.25, 0.3) is 5.56 Å². The van der Waals surface area contributed by atoms with Crippen molar-refractivity contribution in [1.82, 2.24) is 20.2 Å². The van der Waals surface area contributed by atoms with Crippen LogP contribution in [0, 0.1) is 28.9 Å². The largest absolute Gasteiger partial charge is 0.481 e. The second-order valence-corrected chi connectivity index (χ2v) is 15.8. The van der Waals surface area contributed by atoms with Crippen LogP contribution in [0.1, 0.15) is 83.3 Å². The summed E-state index contributed by atoms with van der Waals surface area (Å²) in [6, 6.07) is 5.00. The zero-order valence-electron chi connectivity index (χ0n) is 30.4. The Hall–Kier alpha value is -4.51. The van der Waals surface area contributed by atoms with Crippen molar-refractivity contribution < 1.29 is 40.8 Å². The fraction of sp³-hybridized carbons (Fsp3) is 0.514. The second kappa shape index (κ2) is 13.4. The average Bonchev–Trinajstić information content (AvgIpc) is 3.62.